The summed E-state index contributed by atoms with van der Waals surface area (Å²) in [6.45, 7) is 2.19. The Bertz CT molecular complexity index is 488. The van der Waals surface area contributed by atoms with Crippen LogP contribution in [0.1, 0.15) is 37.4 Å². The molecule has 1 heterocycles. The number of aliphatic hydroxyl groups is 1. The van der Waals surface area contributed by atoms with Gasteiger partial charge in [0, 0.05) is 28.6 Å². The number of hydrogen-bond acceptors (Lipinski definition) is 3. The Balaban J connectivity index is 0.00000264. The summed E-state index contributed by atoms with van der Waals surface area (Å²) in [6.07, 6.45) is 2.75. The highest BCUT2D eigenvalue weighted by Gasteiger charge is 2.17. The number of aliphatic hydroxyl groups excluding tert-OH is 1. The van der Waals surface area contributed by atoms with Crippen LogP contribution < -0.4 is 10.6 Å². The minimum atomic E-state index is -0.899. The topological polar surface area (TPSA) is 61.4 Å². The van der Waals surface area contributed by atoms with Crippen molar-refractivity contribution in [1.29, 1.82) is 0 Å². The van der Waals surface area contributed by atoms with Crippen molar-refractivity contribution in [1.82, 2.24) is 10.6 Å². The first-order chi connectivity index (χ1) is 10.6. The molecule has 2 rings (SSSR count). The van der Waals surface area contributed by atoms with Gasteiger partial charge in [-0.25, -0.2) is 0 Å². The van der Waals surface area contributed by atoms with Gasteiger partial charge in [0.1, 0.15) is 0 Å². The molecule has 0 radical (unpaired) electrons. The van der Waals surface area contributed by atoms with Gasteiger partial charge in [-0.3, -0.25) is 4.79 Å². The molecule has 0 bridgehead atoms. The molecule has 1 atom stereocenters. The van der Waals surface area contributed by atoms with Crippen LogP contribution in [-0.4, -0.2) is 30.6 Å². The molecule has 130 valence electrons. The SMILES string of the molecule is Cl.O=C(CCC1CCNCC1)NCC(O)c1c(Cl)cccc1Cl. The van der Waals surface area contributed by atoms with E-state index < -0.39 is 6.10 Å². The van der Waals surface area contributed by atoms with E-state index in [0.29, 0.717) is 27.9 Å². The van der Waals surface area contributed by atoms with Crippen molar-refractivity contribution in [2.45, 2.75) is 31.8 Å². The minimum absolute atomic E-state index is 0. The number of rotatable bonds is 6. The van der Waals surface area contributed by atoms with Gasteiger partial charge >= 0.3 is 0 Å². The first-order valence-electron chi connectivity index (χ1n) is 7.67. The molecule has 1 aliphatic heterocycles. The fourth-order valence-electron chi connectivity index (χ4n) is 2.74. The monoisotopic (exact) mass is 380 g/mol. The molecule has 7 heteroatoms. The lowest BCUT2D eigenvalue weighted by atomic mass is 9.93. The number of hydrogen-bond donors (Lipinski definition) is 3. The van der Waals surface area contributed by atoms with Gasteiger partial charge in [-0.2, -0.15) is 0 Å². The highest BCUT2D eigenvalue weighted by molar-refractivity contribution is 6.36. The van der Waals surface area contributed by atoms with Crippen molar-refractivity contribution in [3.8, 4) is 0 Å². The van der Waals surface area contributed by atoms with Crippen LogP contribution in [0.15, 0.2) is 18.2 Å². The molecule has 1 unspecified atom stereocenters. The largest absolute Gasteiger partial charge is 0.386 e. The van der Waals surface area contributed by atoms with E-state index in [9.17, 15) is 9.90 Å². The van der Waals surface area contributed by atoms with Gasteiger partial charge < -0.3 is 15.7 Å². The van der Waals surface area contributed by atoms with E-state index in [-0.39, 0.29) is 24.9 Å². The lowest BCUT2D eigenvalue weighted by Gasteiger charge is -2.22. The van der Waals surface area contributed by atoms with Gasteiger partial charge in [-0.1, -0.05) is 29.3 Å². The highest BCUT2D eigenvalue weighted by atomic mass is 35.5. The predicted octanol–water partition coefficient (Wildman–Crippen LogP) is 3.34. The second kappa shape index (κ2) is 10.4. The van der Waals surface area contributed by atoms with Gasteiger partial charge in [0.25, 0.3) is 0 Å². The first kappa shape index (κ1) is 20.5. The Labute approximate surface area is 153 Å². The fourth-order valence-corrected chi connectivity index (χ4v) is 3.38. The summed E-state index contributed by atoms with van der Waals surface area (Å²) in [7, 11) is 0. The van der Waals surface area contributed by atoms with E-state index in [4.69, 9.17) is 23.2 Å². The van der Waals surface area contributed by atoms with E-state index in [1.165, 1.54) is 0 Å². The zero-order chi connectivity index (χ0) is 15.9. The lowest BCUT2D eigenvalue weighted by Crippen LogP contribution is -2.31. The Morgan fingerprint density at radius 2 is 1.91 bits per heavy atom. The first-order valence-corrected chi connectivity index (χ1v) is 8.43. The zero-order valence-corrected chi connectivity index (χ0v) is 15.2. The summed E-state index contributed by atoms with van der Waals surface area (Å²) in [5, 5.41) is 17.0. The normalized spacial score (nSPS) is 16.5. The van der Waals surface area contributed by atoms with Crippen molar-refractivity contribution in [3.63, 3.8) is 0 Å². The molecule has 1 aromatic rings. The fraction of sp³-hybridized carbons (Fsp3) is 0.562. The number of nitrogens with one attached hydrogen (secondary N) is 2. The molecule has 1 aromatic carbocycles. The molecular formula is C16H23Cl3N2O2. The van der Waals surface area contributed by atoms with Crippen molar-refractivity contribution >= 4 is 41.5 Å². The van der Waals surface area contributed by atoms with Gasteiger partial charge in [0.15, 0.2) is 0 Å². The smallest absolute Gasteiger partial charge is 0.220 e. The number of benzene rings is 1. The van der Waals surface area contributed by atoms with E-state index in [1.54, 1.807) is 18.2 Å². The maximum atomic E-state index is 11.9. The van der Waals surface area contributed by atoms with Crippen LogP contribution >= 0.6 is 35.6 Å². The van der Waals surface area contributed by atoms with Crippen molar-refractivity contribution < 1.29 is 9.90 Å². The van der Waals surface area contributed by atoms with Crippen LogP contribution in [0, 0.1) is 5.92 Å². The summed E-state index contributed by atoms with van der Waals surface area (Å²) in [6, 6.07) is 5.06. The Kier molecular flexibility index (Phi) is 9.25. The quantitative estimate of drug-likeness (QED) is 0.708. The minimum Gasteiger partial charge on any atom is -0.386 e. The zero-order valence-electron chi connectivity index (χ0n) is 12.9. The molecule has 0 aromatic heterocycles. The van der Waals surface area contributed by atoms with Gasteiger partial charge in [0.2, 0.25) is 5.91 Å². The Hall–Kier alpha value is -0.520. The second-order valence-electron chi connectivity index (χ2n) is 5.69. The third-order valence-corrected chi connectivity index (χ3v) is 4.72. The number of amides is 1. The van der Waals surface area contributed by atoms with E-state index >= 15 is 0 Å². The third-order valence-electron chi connectivity index (χ3n) is 4.06. The summed E-state index contributed by atoms with van der Waals surface area (Å²) >= 11 is 12.1. The van der Waals surface area contributed by atoms with Crippen LogP contribution in [0.2, 0.25) is 10.0 Å². The molecule has 1 aliphatic rings. The second-order valence-corrected chi connectivity index (χ2v) is 6.50. The van der Waals surface area contributed by atoms with Crippen LogP contribution in [0.3, 0.4) is 0 Å². The van der Waals surface area contributed by atoms with Crippen molar-refractivity contribution in [3.05, 3.63) is 33.8 Å². The molecule has 0 aliphatic carbocycles. The molecule has 23 heavy (non-hydrogen) atoms. The van der Waals surface area contributed by atoms with Crippen LogP contribution in [0.25, 0.3) is 0 Å². The number of carbonyl (C=O) groups excluding carboxylic acids is 1. The third kappa shape index (κ3) is 6.48. The van der Waals surface area contributed by atoms with Crippen LogP contribution in [0.5, 0.6) is 0 Å². The molecule has 4 nitrogen and oxygen atoms in total. The summed E-state index contributed by atoms with van der Waals surface area (Å²) in [4.78, 5) is 11.9. The average Bonchev–Trinajstić information content (AvgIpc) is 2.52. The molecule has 1 amide bonds. The number of piperidine rings is 1. The molecular weight excluding hydrogens is 359 g/mol. The average molecular weight is 382 g/mol. The van der Waals surface area contributed by atoms with Gasteiger partial charge in [-0.15, -0.1) is 12.4 Å². The number of carbonyl (C=O) groups is 1. The maximum Gasteiger partial charge on any atom is 0.220 e. The Morgan fingerprint density at radius 1 is 1.30 bits per heavy atom. The molecule has 1 fully saturated rings. The summed E-state index contributed by atoms with van der Waals surface area (Å²) in [5.41, 5.74) is 0.462. The van der Waals surface area contributed by atoms with Gasteiger partial charge in [0.05, 0.1) is 6.10 Å². The molecule has 0 saturated carbocycles. The van der Waals surface area contributed by atoms with Crippen LogP contribution in [0.4, 0.5) is 0 Å². The Morgan fingerprint density at radius 3 is 2.52 bits per heavy atom. The van der Waals surface area contributed by atoms with Gasteiger partial charge in [-0.05, 0) is 50.4 Å². The molecule has 0 spiro atoms. The molecule has 3 N–H and O–H groups in total. The maximum absolute atomic E-state index is 11.9. The lowest BCUT2D eigenvalue weighted by molar-refractivity contribution is -0.121. The summed E-state index contributed by atoms with van der Waals surface area (Å²) in [5.74, 6) is 0.579. The van der Waals surface area contributed by atoms with E-state index in [0.717, 1.165) is 32.4 Å². The van der Waals surface area contributed by atoms with E-state index in [2.05, 4.69) is 10.6 Å². The van der Waals surface area contributed by atoms with E-state index in [1.807, 2.05) is 0 Å². The van der Waals surface area contributed by atoms with Crippen molar-refractivity contribution in [2.24, 2.45) is 5.92 Å². The standard InChI is InChI=1S/C16H22Cl2N2O2.ClH/c17-12-2-1-3-13(18)16(12)14(21)10-20-15(22)5-4-11-6-8-19-9-7-11;/h1-3,11,14,19,21H,4-10H2,(H,20,22);1H. The summed E-state index contributed by atoms with van der Waals surface area (Å²) < 4.78 is 0. The van der Waals surface area contributed by atoms with Crippen molar-refractivity contribution in [2.75, 3.05) is 19.6 Å². The molecule has 1 saturated heterocycles. The number of halogens is 3. The highest BCUT2D eigenvalue weighted by Crippen LogP contribution is 2.29. The predicted molar refractivity (Wildman–Crippen MR) is 96.5 cm³/mol. The van der Waals surface area contributed by atoms with Crippen LogP contribution in [-0.2, 0) is 4.79 Å².